The minimum absolute atomic E-state index is 0.397. The molecule has 0 saturated carbocycles. The van der Waals surface area contributed by atoms with Gasteiger partial charge in [-0.2, -0.15) is 5.10 Å². The van der Waals surface area contributed by atoms with Gasteiger partial charge < -0.3 is 5.73 Å². The van der Waals surface area contributed by atoms with Crippen LogP contribution < -0.4 is 5.73 Å². The first kappa shape index (κ1) is 8.10. The Kier molecular flexibility index (Phi) is 1.93. The van der Waals surface area contributed by atoms with Gasteiger partial charge in [-0.3, -0.25) is 5.01 Å². The molecule has 1 atom stereocenters. The lowest BCUT2D eigenvalue weighted by atomic mass is 10.0. The number of hydrogen-bond acceptors (Lipinski definition) is 3. The van der Waals surface area contributed by atoms with Crippen molar-refractivity contribution in [3.63, 3.8) is 0 Å². The minimum Gasteiger partial charge on any atom is -0.399 e. The first-order valence-electron chi connectivity index (χ1n) is 4.36. The fourth-order valence-corrected chi connectivity index (χ4v) is 1.55. The van der Waals surface area contributed by atoms with Crippen molar-refractivity contribution in [1.29, 1.82) is 0 Å². The average molecular weight is 175 g/mol. The molecule has 0 bridgehead atoms. The molecule has 2 rings (SSSR count). The summed E-state index contributed by atoms with van der Waals surface area (Å²) < 4.78 is 0. The third kappa shape index (κ3) is 1.64. The Labute approximate surface area is 77.9 Å². The molecular weight excluding hydrogens is 162 g/mol. The molecule has 1 aliphatic heterocycles. The summed E-state index contributed by atoms with van der Waals surface area (Å²) in [6.07, 6.45) is 1.97. The van der Waals surface area contributed by atoms with Crippen LogP contribution in [0, 0.1) is 0 Å². The van der Waals surface area contributed by atoms with E-state index in [0.717, 1.165) is 12.2 Å². The molecule has 0 amide bonds. The third-order valence-corrected chi connectivity index (χ3v) is 2.24. The number of hydrazone groups is 1. The first-order chi connectivity index (χ1) is 6.25. The zero-order valence-corrected chi connectivity index (χ0v) is 7.64. The molecule has 0 aromatic heterocycles. The van der Waals surface area contributed by atoms with Crippen LogP contribution in [0.15, 0.2) is 29.4 Å². The Morgan fingerprint density at radius 3 is 3.00 bits per heavy atom. The summed E-state index contributed by atoms with van der Waals surface area (Å²) in [5, 5.41) is 6.13. The summed E-state index contributed by atoms with van der Waals surface area (Å²) in [5.41, 5.74) is 7.77. The van der Waals surface area contributed by atoms with E-state index in [-0.39, 0.29) is 0 Å². The van der Waals surface area contributed by atoms with E-state index in [1.807, 2.05) is 36.5 Å². The van der Waals surface area contributed by atoms with Crippen LogP contribution in [0.1, 0.15) is 11.5 Å². The quantitative estimate of drug-likeness (QED) is 0.653. The molecule has 1 aromatic rings. The van der Waals surface area contributed by atoms with Crippen molar-refractivity contribution in [2.24, 2.45) is 5.10 Å². The Bertz CT molecular complexity index is 333. The summed E-state index contributed by atoms with van der Waals surface area (Å²) in [7, 11) is 1.97. The number of nitrogens with two attached hydrogens (primary N) is 1. The van der Waals surface area contributed by atoms with Gasteiger partial charge in [0.05, 0.1) is 0 Å². The number of benzene rings is 1. The van der Waals surface area contributed by atoms with Crippen molar-refractivity contribution in [2.45, 2.75) is 5.92 Å². The highest BCUT2D eigenvalue weighted by Crippen LogP contribution is 2.20. The SMILES string of the molecule is CN1CC(c2cccc(N)c2)C=N1. The molecule has 2 N–H and O–H groups in total. The van der Waals surface area contributed by atoms with Crippen LogP contribution in [-0.4, -0.2) is 24.8 Å². The Morgan fingerprint density at radius 2 is 2.38 bits per heavy atom. The summed E-state index contributed by atoms with van der Waals surface area (Å²) in [6, 6.07) is 7.98. The fourth-order valence-electron chi connectivity index (χ4n) is 1.55. The molecule has 0 radical (unpaired) electrons. The van der Waals surface area contributed by atoms with Gasteiger partial charge in [-0.05, 0) is 17.7 Å². The number of anilines is 1. The molecule has 0 aliphatic carbocycles. The van der Waals surface area contributed by atoms with Crippen molar-refractivity contribution in [2.75, 3.05) is 19.3 Å². The van der Waals surface area contributed by atoms with Crippen LogP contribution in [-0.2, 0) is 0 Å². The standard InChI is InChI=1S/C10H13N3/c1-13-7-9(6-12-13)8-3-2-4-10(11)5-8/h2-6,9H,7,11H2,1H3. The molecule has 1 unspecified atom stereocenters. The largest absolute Gasteiger partial charge is 0.399 e. The molecule has 13 heavy (non-hydrogen) atoms. The smallest absolute Gasteiger partial charge is 0.0476 e. The molecule has 1 heterocycles. The van der Waals surface area contributed by atoms with E-state index in [9.17, 15) is 0 Å². The van der Waals surface area contributed by atoms with Crippen LogP contribution >= 0.6 is 0 Å². The normalized spacial score (nSPS) is 21.0. The molecule has 3 heteroatoms. The average Bonchev–Trinajstić information content (AvgIpc) is 2.52. The number of nitrogens with zero attached hydrogens (tertiary/aromatic N) is 2. The summed E-state index contributed by atoms with van der Waals surface area (Å²) in [4.78, 5) is 0. The van der Waals surface area contributed by atoms with E-state index >= 15 is 0 Å². The van der Waals surface area contributed by atoms with Gasteiger partial charge >= 0.3 is 0 Å². The van der Waals surface area contributed by atoms with Gasteiger partial charge in [-0.25, -0.2) is 0 Å². The van der Waals surface area contributed by atoms with Gasteiger partial charge in [0.15, 0.2) is 0 Å². The zero-order chi connectivity index (χ0) is 9.26. The summed E-state index contributed by atoms with van der Waals surface area (Å²) >= 11 is 0. The molecule has 0 spiro atoms. The third-order valence-electron chi connectivity index (χ3n) is 2.24. The maximum Gasteiger partial charge on any atom is 0.0476 e. The highest BCUT2D eigenvalue weighted by atomic mass is 15.4. The zero-order valence-electron chi connectivity index (χ0n) is 7.64. The first-order valence-corrected chi connectivity index (χ1v) is 4.36. The van der Waals surface area contributed by atoms with Gasteiger partial charge in [-0.15, -0.1) is 0 Å². The maximum atomic E-state index is 5.70. The van der Waals surface area contributed by atoms with E-state index in [1.54, 1.807) is 0 Å². The molecule has 3 nitrogen and oxygen atoms in total. The van der Waals surface area contributed by atoms with Gasteiger partial charge in [-0.1, -0.05) is 12.1 Å². The second-order valence-corrected chi connectivity index (χ2v) is 3.38. The molecule has 1 aromatic carbocycles. The fraction of sp³-hybridized carbons (Fsp3) is 0.300. The van der Waals surface area contributed by atoms with Crippen molar-refractivity contribution >= 4 is 11.9 Å². The Balaban J connectivity index is 2.22. The molecular formula is C10H13N3. The van der Waals surface area contributed by atoms with Crippen molar-refractivity contribution in [3.05, 3.63) is 29.8 Å². The number of likely N-dealkylation sites (N-methyl/N-ethyl adjacent to an activating group) is 1. The second-order valence-electron chi connectivity index (χ2n) is 3.38. The van der Waals surface area contributed by atoms with Gasteiger partial charge in [0.1, 0.15) is 0 Å². The molecule has 1 aliphatic rings. The Morgan fingerprint density at radius 1 is 1.54 bits per heavy atom. The minimum atomic E-state index is 0.397. The monoisotopic (exact) mass is 175 g/mol. The topological polar surface area (TPSA) is 41.6 Å². The highest BCUT2D eigenvalue weighted by Gasteiger charge is 2.16. The van der Waals surface area contributed by atoms with E-state index in [0.29, 0.717) is 5.92 Å². The highest BCUT2D eigenvalue weighted by molar-refractivity contribution is 5.70. The van der Waals surface area contributed by atoms with Crippen molar-refractivity contribution < 1.29 is 0 Å². The predicted molar refractivity (Wildman–Crippen MR) is 54.7 cm³/mol. The van der Waals surface area contributed by atoms with E-state index < -0.39 is 0 Å². The molecule has 68 valence electrons. The van der Waals surface area contributed by atoms with Crippen LogP contribution in [0.4, 0.5) is 5.69 Å². The number of hydrogen-bond donors (Lipinski definition) is 1. The molecule has 0 fully saturated rings. The lowest BCUT2D eigenvalue weighted by Crippen LogP contribution is -2.12. The second kappa shape index (κ2) is 3.09. The Hall–Kier alpha value is -1.51. The van der Waals surface area contributed by atoms with E-state index in [2.05, 4.69) is 11.2 Å². The number of rotatable bonds is 1. The lowest BCUT2D eigenvalue weighted by molar-refractivity contribution is 0.381. The van der Waals surface area contributed by atoms with Crippen molar-refractivity contribution in [3.8, 4) is 0 Å². The number of nitrogen functional groups attached to an aromatic ring is 1. The van der Waals surface area contributed by atoms with Crippen LogP contribution in [0.25, 0.3) is 0 Å². The van der Waals surface area contributed by atoms with E-state index in [1.165, 1.54) is 5.56 Å². The lowest BCUT2D eigenvalue weighted by Gasteiger charge is -2.10. The van der Waals surface area contributed by atoms with Crippen LogP contribution in [0.3, 0.4) is 0 Å². The summed E-state index contributed by atoms with van der Waals surface area (Å²) in [6.45, 7) is 0.948. The van der Waals surface area contributed by atoms with Gasteiger partial charge in [0.2, 0.25) is 0 Å². The van der Waals surface area contributed by atoms with E-state index in [4.69, 9.17) is 5.73 Å². The van der Waals surface area contributed by atoms with Gasteiger partial charge in [0.25, 0.3) is 0 Å². The van der Waals surface area contributed by atoms with Gasteiger partial charge in [0, 0.05) is 31.4 Å². The van der Waals surface area contributed by atoms with Crippen LogP contribution in [0.5, 0.6) is 0 Å². The van der Waals surface area contributed by atoms with Crippen molar-refractivity contribution in [1.82, 2.24) is 5.01 Å². The maximum absolute atomic E-state index is 5.70. The summed E-state index contributed by atoms with van der Waals surface area (Å²) in [5.74, 6) is 0.397. The predicted octanol–water partition coefficient (Wildman–Crippen LogP) is 1.28. The van der Waals surface area contributed by atoms with Crippen LogP contribution in [0.2, 0.25) is 0 Å². The molecule has 0 saturated heterocycles.